The highest BCUT2D eigenvalue weighted by Gasteiger charge is 2.27. The molecule has 0 atom stereocenters. The molecule has 1 aromatic carbocycles. The molecule has 1 aromatic rings. The van der Waals surface area contributed by atoms with E-state index in [2.05, 4.69) is 21.2 Å². The molecule has 0 saturated heterocycles. The summed E-state index contributed by atoms with van der Waals surface area (Å²) in [4.78, 5) is 22.8. The molecule has 2 N–H and O–H groups in total. The Morgan fingerprint density at radius 1 is 1.40 bits per heavy atom. The quantitative estimate of drug-likeness (QED) is 0.830. The molecule has 1 rings (SSSR count). The molecule has 0 aliphatic rings. The molecule has 0 aromatic heterocycles. The second kappa shape index (κ2) is 6.74. The van der Waals surface area contributed by atoms with Crippen LogP contribution in [0.4, 0.5) is 0 Å². The van der Waals surface area contributed by atoms with Crippen LogP contribution in [-0.4, -0.2) is 30.6 Å². The molecule has 0 spiro atoms. The molecule has 0 aliphatic heterocycles. The van der Waals surface area contributed by atoms with E-state index in [0.717, 1.165) is 10.0 Å². The van der Waals surface area contributed by atoms with Gasteiger partial charge in [-0.05, 0) is 37.6 Å². The van der Waals surface area contributed by atoms with E-state index in [0.29, 0.717) is 5.75 Å². The third-order valence-corrected chi connectivity index (χ3v) is 3.68. The molecule has 0 aliphatic carbocycles. The number of methoxy groups -OCH3 is 1. The van der Waals surface area contributed by atoms with E-state index >= 15 is 0 Å². The number of amides is 1. The van der Waals surface area contributed by atoms with E-state index in [9.17, 15) is 9.59 Å². The van der Waals surface area contributed by atoms with Crippen molar-refractivity contribution in [3.05, 3.63) is 28.2 Å². The fourth-order valence-corrected chi connectivity index (χ4v) is 1.83. The van der Waals surface area contributed by atoms with Gasteiger partial charge >= 0.3 is 5.97 Å². The Balaban J connectivity index is 2.65. The minimum atomic E-state index is -0.985. The van der Waals surface area contributed by atoms with Gasteiger partial charge in [0.2, 0.25) is 5.91 Å². The van der Waals surface area contributed by atoms with E-state index in [1.54, 1.807) is 33.1 Å². The number of carbonyl (C=O) groups is 2. The van der Waals surface area contributed by atoms with E-state index < -0.39 is 11.4 Å². The van der Waals surface area contributed by atoms with Crippen LogP contribution in [0.3, 0.4) is 0 Å². The molecule has 0 radical (unpaired) electrons. The maximum Gasteiger partial charge on any atom is 0.310 e. The SMILES string of the molecule is COc1ccc(Br)c(CC(=O)NCC(C)(C)C(=O)O)c1. The number of carboxylic acids is 1. The molecule has 0 unspecified atom stereocenters. The normalized spacial score (nSPS) is 11.0. The molecule has 20 heavy (non-hydrogen) atoms. The predicted octanol–water partition coefficient (Wildman–Crippen LogP) is 2.23. The fraction of sp³-hybridized carbons (Fsp3) is 0.429. The largest absolute Gasteiger partial charge is 0.497 e. The summed E-state index contributed by atoms with van der Waals surface area (Å²) in [5.74, 6) is -0.504. The summed E-state index contributed by atoms with van der Waals surface area (Å²) in [6.45, 7) is 3.22. The van der Waals surface area contributed by atoms with Crippen LogP contribution in [0.25, 0.3) is 0 Å². The molecule has 1 amide bonds. The Labute approximate surface area is 126 Å². The highest BCUT2D eigenvalue weighted by molar-refractivity contribution is 9.10. The smallest absolute Gasteiger partial charge is 0.310 e. The summed E-state index contributed by atoms with van der Waals surface area (Å²) in [6, 6.07) is 5.37. The third-order valence-electron chi connectivity index (χ3n) is 2.91. The van der Waals surface area contributed by atoms with Crippen LogP contribution in [0.1, 0.15) is 19.4 Å². The van der Waals surface area contributed by atoms with Gasteiger partial charge in [0, 0.05) is 11.0 Å². The minimum Gasteiger partial charge on any atom is -0.497 e. The standard InChI is InChI=1S/C14H18BrNO4/c1-14(2,13(18)19)8-16-12(17)7-9-6-10(20-3)4-5-11(9)15/h4-6H,7-8H2,1-3H3,(H,16,17)(H,18,19). The number of benzene rings is 1. The van der Waals surface area contributed by atoms with Crippen molar-refractivity contribution in [2.45, 2.75) is 20.3 Å². The van der Waals surface area contributed by atoms with Crippen molar-refractivity contribution in [3.63, 3.8) is 0 Å². The Morgan fingerprint density at radius 3 is 2.60 bits per heavy atom. The molecule has 110 valence electrons. The highest BCUT2D eigenvalue weighted by Crippen LogP contribution is 2.23. The first-order valence-corrected chi connectivity index (χ1v) is 6.88. The molecular weight excluding hydrogens is 326 g/mol. The number of carboxylic acid groups (broad SMARTS) is 1. The van der Waals surface area contributed by atoms with Crippen molar-refractivity contribution in [3.8, 4) is 5.75 Å². The van der Waals surface area contributed by atoms with Gasteiger partial charge in [-0.1, -0.05) is 15.9 Å². The topological polar surface area (TPSA) is 75.6 Å². The summed E-state index contributed by atoms with van der Waals surface area (Å²) >= 11 is 3.37. The van der Waals surface area contributed by atoms with Crippen LogP contribution in [0.2, 0.25) is 0 Å². The summed E-state index contributed by atoms with van der Waals surface area (Å²) in [5.41, 5.74) is -0.198. The van der Waals surface area contributed by atoms with Gasteiger partial charge in [0.25, 0.3) is 0 Å². The molecule has 5 nitrogen and oxygen atoms in total. The van der Waals surface area contributed by atoms with Crippen molar-refractivity contribution in [1.82, 2.24) is 5.32 Å². The van der Waals surface area contributed by atoms with Crippen LogP contribution < -0.4 is 10.1 Å². The number of hydrogen-bond acceptors (Lipinski definition) is 3. The number of halogens is 1. The number of ether oxygens (including phenoxy) is 1. The van der Waals surface area contributed by atoms with Crippen molar-refractivity contribution < 1.29 is 19.4 Å². The van der Waals surface area contributed by atoms with Gasteiger partial charge in [0.05, 0.1) is 18.9 Å². The van der Waals surface area contributed by atoms with Gasteiger partial charge in [-0.25, -0.2) is 0 Å². The monoisotopic (exact) mass is 343 g/mol. The van der Waals surface area contributed by atoms with Gasteiger partial charge in [0.15, 0.2) is 0 Å². The maximum atomic E-state index is 11.9. The zero-order valence-electron chi connectivity index (χ0n) is 11.7. The van der Waals surface area contributed by atoms with Gasteiger partial charge in [-0.2, -0.15) is 0 Å². The first kappa shape index (κ1) is 16.5. The van der Waals surface area contributed by atoms with E-state index in [1.807, 2.05) is 6.07 Å². The second-order valence-corrected chi connectivity index (χ2v) is 5.95. The predicted molar refractivity (Wildman–Crippen MR) is 78.8 cm³/mol. The number of rotatable bonds is 6. The highest BCUT2D eigenvalue weighted by atomic mass is 79.9. The molecule has 0 saturated carbocycles. The summed E-state index contributed by atoms with van der Waals surface area (Å²) in [7, 11) is 1.56. The Kier molecular flexibility index (Phi) is 5.56. The molecule has 6 heteroatoms. The van der Waals surface area contributed by atoms with Crippen LogP contribution >= 0.6 is 15.9 Å². The summed E-state index contributed by atoms with van der Waals surface area (Å²) < 4.78 is 5.92. The summed E-state index contributed by atoms with van der Waals surface area (Å²) in [5, 5.41) is 11.6. The van der Waals surface area contributed by atoms with Crippen LogP contribution in [0.15, 0.2) is 22.7 Å². The third kappa shape index (κ3) is 4.52. The average molecular weight is 344 g/mol. The van der Waals surface area contributed by atoms with Crippen LogP contribution in [0.5, 0.6) is 5.75 Å². The molecule has 0 bridgehead atoms. The van der Waals surface area contributed by atoms with Crippen LogP contribution in [0, 0.1) is 5.41 Å². The lowest BCUT2D eigenvalue weighted by Gasteiger charge is -2.19. The molecule has 0 fully saturated rings. The molecular formula is C14H18BrNO4. The van der Waals surface area contributed by atoms with Gasteiger partial charge in [-0.15, -0.1) is 0 Å². The average Bonchev–Trinajstić information content (AvgIpc) is 2.39. The molecule has 0 heterocycles. The maximum absolute atomic E-state index is 11.9. The first-order chi connectivity index (χ1) is 9.26. The zero-order chi connectivity index (χ0) is 15.3. The van der Waals surface area contributed by atoms with E-state index in [-0.39, 0.29) is 18.9 Å². The lowest BCUT2D eigenvalue weighted by molar-refractivity contribution is -0.146. The lowest BCUT2D eigenvalue weighted by atomic mass is 9.94. The van der Waals surface area contributed by atoms with Crippen molar-refractivity contribution in [2.24, 2.45) is 5.41 Å². The Bertz CT molecular complexity index is 514. The zero-order valence-corrected chi connectivity index (χ0v) is 13.3. The first-order valence-electron chi connectivity index (χ1n) is 6.09. The van der Waals surface area contributed by atoms with Gasteiger partial charge in [0.1, 0.15) is 5.75 Å². The Morgan fingerprint density at radius 2 is 2.05 bits per heavy atom. The van der Waals surface area contributed by atoms with Crippen molar-refractivity contribution >= 4 is 27.8 Å². The minimum absolute atomic E-state index is 0.0861. The van der Waals surface area contributed by atoms with Crippen molar-refractivity contribution in [2.75, 3.05) is 13.7 Å². The van der Waals surface area contributed by atoms with E-state index in [1.165, 1.54) is 0 Å². The number of carbonyl (C=O) groups excluding carboxylic acids is 1. The van der Waals surface area contributed by atoms with E-state index in [4.69, 9.17) is 9.84 Å². The van der Waals surface area contributed by atoms with Crippen molar-refractivity contribution in [1.29, 1.82) is 0 Å². The number of hydrogen-bond donors (Lipinski definition) is 2. The van der Waals surface area contributed by atoms with Gasteiger partial charge < -0.3 is 15.2 Å². The Hall–Kier alpha value is -1.56. The summed E-state index contributed by atoms with van der Waals surface area (Å²) in [6.07, 6.45) is 0.160. The van der Waals surface area contributed by atoms with Gasteiger partial charge in [-0.3, -0.25) is 9.59 Å². The second-order valence-electron chi connectivity index (χ2n) is 5.10. The number of nitrogens with one attached hydrogen (secondary N) is 1. The fourth-order valence-electron chi connectivity index (χ4n) is 1.44. The lowest BCUT2D eigenvalue weighted by Crippen LogP contribution is -2.39. The number of aliphatic carboxylic acids is 1. The van der Waals surface area contributed by atoms with Crippen LogP contribution in [-0.2, 0) is 16.0 Å².